The highest BCUT2D eigenvalue weighted by Crippen LogP contribution is 2.31. The van der Waals surface area contributed by atoms with E-state index in [2.05, 4.69) is 29.6 Å². The number of rotatable bonds is 0. The number of fused-ring (bicyclic) bond motifs is 3. The van der Waals surface area contributed by atoms with Crippen molar-refractivity contribution in [1.82, 2.24) is 0 Å². The van der Waals surface area contributed by atoms with Crippen LogP contribution in [0.3, 0.4) is 0 Å². The molecule has 2 radical (unpaired) electrons. The molecule has 2 aromatic carbocycles. The van der Waals surface area contributed by atoms with Gasteiger partial charge in [0, 0.05) is 4.70 Å². The second kappa shape index (κ2) is 2.82. The molecule has 0 aliphatic heterocycles. The molecule has 0 spiro atoms. The fraction of sp³-hybridized carbons (Fsp3) is 0. The van der Waals surface area contributed by atoms with Crippen molar-refractivity contribution in [2.24, 2.45) is 0 Å². The molecule has 0 aliphatic rings. The minimum absolute atomic E-state index is 0.875. The van der Waals surface area contributed by atoms with E-state index in [0.717, 1.165) is 5.56 Å². The lowest BCUT2D eigenvalue weighted by Crippen LogP contribution is -1.76. The Labute approximate surface area is 86.8 Å². The molecule has 0 N–H and O–H groups in total. The molecule has 1 aromatic heterocycles. The van der Waals surface area contributed by atoms with E-state index < -0.39 is 0 Å². The third-order valence-electron chi connectivity index (χ3n) is 2.49. The van der Waals surface area contributed by atoms with Crippen LogP contribution >= 0.6 is 11.3 Å². The largest absolute Gasteiger partial charge is 0.143 e. The van der Waals surface area contributed by atoms with Gasteiger partial charge in [-0.05, 0) is 40.1 Å². The molecular weight excluding hydrogens is 188 g/mol. The summed E-state index contributed by atoms with van der Waals surface area (Å²) in [5.41, 5.74) is 0.875. The van der Waals surface area contributed by atoms with Gasteiger partial charge < -0.3 is 0 Å². The van der Waals surface area contributed by atoms with E-state index in [1.165, 1.54) is 20.9 Å². The molecule has 66 valence electrons. The third kappa shape index (κ3) is 0.992. The van der Waals surface area contributed by atoms with Crippen molar-refractivity contribution in [3.8, 4) is 0 Å². The number of hydrogen-bond donors (Lipinski definition) is 0. The summed E-state index contributed by atoms with van der Waals surface area (Å²) < 4.78 is 1.29. The molecule has 1 heterocycles. The van der Waals surface area contributed by atoms with Crippen LogP contribution in [-0.4, -0.2) is 0 Å². The van der Waals surface area contributed by atoms with Gasteiger partial charge in [-0.15, -0.1) is 11.3 Å². The van der Waals surface area contributed by atoms with Crippen molar-refractivity contribution in [1.29, 1.82) is 0 Å². The van der Waals surface area contributed by atoms with Crippen LogP contribution in [-0.2, 0) is 0 Å². The van der Waals surface area contributed by atoms with Gasteiger partial charge in [0.15, 0.2) is 0 Å². The van der Waals surface area contributed by atoms with Crippen LogP contribution in [0.25, 0.3) is 20.9 Å². The molecule has 14 heavy (non-hydrogen) atoms. The zero-order valence-corrected chi connectivity index (χ0v) is 8.34. The highest BCUT2D eigenvalue weighted by Gasteiger charge is 2.03. The Kier molecular flexibility index (Phi) is 1.62. The first-order chi connectivity index (χ1) is 6.86. The van der Waals surface area contributed by atoms with Crippen molar-refractivity contribution in [2.45, 2.75) is 0 Å². The Morgan fingerprint density at radius 2 is 1.86 bits per heavy atom. The van der Waals surface area contributed by atoms with Crippen LogP contribution in [0.4, 0.5) is 0 Å². The van der Waals surface area contributed by atoms with Gasteiger partial charge in [-0.3, -0.25) is 0 Å². The van der Waals surface area contributed by atoms with Gasteiger partial charge >= 0.3 is 0 Å². The van der Waals surface area contributed by atoms with Gasteiger partial charge in [0.2, 0.25) is 0 Å². The van der Waals surface area contributed by atoms with Crippen LogP contribution in [0.2, 0.25) is 0 Å². The topological polar surface area (TPSA) is 0 Å². The summed E-state index contributed by atoms with van der Waals surface area (Å²) >= 11 is 1.75. The van der Waals surface area contributed by atoms with Gasteiger partial charge in [0.1, 0.15) is 0 Å². The number of hydrogen-bond acceptors (Lipinski definition) is 1. The fourth-order valence-corrected chi connectivity index (χ4v) is 2.79. The first-order valence-electron chi connectivity index (χ1n) is 4.51. The lowest BCUT2D eigenvalue weighted by atomic mass is 10.0. The Hall–Kier alpha value is -1.34. The van der Waals surface area contributed by atoms with Crippen LogP contribution < -0.4 is 0 Å². The standard InChI is InChI=1S/C13H8S/c1-9-8-10-4-2-3-5-12(10)13-11(9)6-7-14-13/h1-8H. The summed E-state index contributed by atoms with van der Waals surface area (Å²) in [6.07, 6.45) is 0. The SMILES string of the molecule is [CH]c1cc2ccccc2c2sccc12. The molecule has 0 atom stereocenters. The first kappa shape index (κ1) is 8.01. The van der Waals surface area contributed by atoms with Crippen molar-refractivity contribution < 1.29 is 0 Å². The minimum atomic E-state index is 0.875. The highest BCUT2D eigenvalue weighted by atomic mass is 32.1. The Morgan fingerprint density at radius 3 is 2.79 bits per heavy atom. The van der Waals surface area contributed by atoms with Crippen LogP contribution in [0.15, 0.2) is 41.8 Å². The van der Waals surface area contributed by atoms with E-state index in [0.29, 0.717) is 0 Å². The molecule has 0 bridgehead atoms. The summed E-state index contributed by atoms with van der Waals surface area (Å²) in [6, 6.07) is 12.5. The lowest BCUT2D eigenvalue weighted by molar-refractivity contribution is 1.75. The maximum atomic E-state index is 5.97. The van der Waals surface area contributed by atoms with Crippen molar-refractivity contribution in [3.05, 3.63) is 54.3 Å². The number of thiophene rings is 1. The van der Waals surface area contributed by atoms with E-state index in [9.17, 15) is 0 Å². The summed E-state index contributed by atoms with van der Waals surface area (Å²) in [6.45, 7) is 5.97. The van der Waals surface area contributed by atoms with Gasteiger partial charge in [-0.1, -0.05) is 30.3 Å². The Bertz CT molecular complexity index is 605. The molecule has 3 aromatic rings. The maximum absolute atomic E-state index is 5.97. The molecular formula is C13H8S. The van der Waals surface area contributed by atoms with Crippen molar-refractivity contribution in [3.63, 3.8) is 0 Å². The van der Waals surface area contributed by atoms with Crippen molar-refractivity contribution >= 4 is 32.2 Å². The smallest absolute Gasteiger partial charge is 0.0424 e. The van der Waals surface area contributed by atoms with Crippen LogP contribution in [0.1, 0.15) is 5.56 Å². The van der Waals surface area contributed by atoms with E-state index in [1.807, 2.05) is 12.1 Å². The molecule has 0 nitrogen and oxygen atoms in total. The predicted octanol–water partition coefficient (Wildman–Crippen LogP) is 4.11. The van der Waals surface area contributed by atoms with Gasteiger partial charge in [0.25, 0.3) is 0 Å². The average molecular weight is 196 g/mol. The Balaban J connectivity index is 2.66. The molecule has 0 saturated heterocycles. The third-order valence-corrected chi connectivity index (χ3v) is 3.44. The lowest BCUT2D eigenvalue weighted by Gasteiger charge is -2.01. The van der Waals surface area contributed by atoms with Gasteiger partial charge in [0.05, 0.1) is 0 Å². The Morgan fingerprint density at radius 1 is 1.00 bits per heavy atom. The van der Waals surface area contributed by atoms with E-state index in [4.69, 9.17) is 6.92 Å². The van der Waals surface area contributed by atoms with E-state index in [-0.39, 0.29) is 0 Å². The second-order valence-electron chi connectivity index (χ2n) is 3.35. The van der Waals surface area contributed by atoms with Gasteiger partial charge in [-0.2, -0.15) is 0 Å². The van der Waals surface area contributed by atoms with Crippen LogP contribution in [0, 0.1) is 6.92 Å². The second-order valence-corrected chi connectivity index (χ2v) is 4.27. The summed E-state index contributed by atoms with van der Waals surface area (Å²) in [5.74, 6) is 0. The van der Waals surface area contributed by atoms with Gasteiger partial charge in [-0.25, -0.2) is 0 Å². The van der Waals surface area contributed by atoms with E-state index in [1.54, 1.807) is 11.3 Å². The van der Waals surface area contributed by atoms with Crippen molar-refractivity contribution in [2.75, 3.05) is 0 Å². The molecule has 0 aliphatic carbocycles. The molecule has 0 fully saturated rings. The van der Waals surface area contributed by atoms with E-state index >= 15 is 0 Å². The number of benzene rings is 2. The zero-order chi connectivity index (χ0) is 9.54. The fourth-order valence-electron chi connectivity index (χ4n) is 1.82. The average Bonchev–Trinajstić information content (AvgIpc) is 2.67. The molecule has 3 rings (SSSR count). The molecule has 0 saturated carbocycles. The zero-order valence-electron chi connectivity index (χ0n) is 7.53. The quantitative estimate of drug-likeness (QED) is 0.507. The molecule has 0 amide bonds. The molecule has 1 heteroatoms. The summed E-state index contributed by atoms with van der Waals surface area (Å²) in [5, 5.41) is 5.79. The summed E-state index contributed by atoms with van der Waals surface area (Å²) in [7, 11) is 0. The first-order valence-corrected chi connectivity index (χ1v) is 5.38. The maximum Gasteiger partial charge on any atom is 0.0424 e. The predicted molar refractivity (Wildman–Crippen MR) is 62.7 cm³/mol. The van der Waals surface area contributed by atoms with Crippen LogP contribution in [0.5, 0.6) is 0 Å². The highest BCUT2D eigenvalue weighted by molar-refractivity contribution is 7.18. The monoisotopic (exact) mass is 196 g/mol. The molecule has 0 unspecified atom stereocenters. The normalized spacial score (nSPS) is 11.2. The minimum Gasteiger partial charge on any atom is -0.143 e. The summed E-state index contributed by atoms with van der Waals surface area (Å²) in [4.78, 5) is 0.